The van der Waals surface area contributed by atoms with Crippen LogP contribution in [-0.4, -0.2) is 34.0 Å². The molecule has 1 aromatic rings. The number of hydrogen-bond donors (Lipinski definition) is 1. The predicted octanol–water partition coefficient (Wildman–Crippen LogP) is 2.15. The first kappa shape index (κ1) is 14.2. The van der Waals surface area contributed by atoms with Gasteiger partial charge in [0.05, 0.1) is 0 Å². The van der Waals surface area contributed by atoms with Gasteiger partial charge in [0.1, 0.15) is 11.4 Å². The van der Waals surface area contributed by atoms with E-state index in [1.807, 2.05) is 0 Å². The Kier molecular flexibility index (Phi) is 4.06. The molecule has 98 valence electrons. The van der Waals surface area contributed by atoms with E-state index in [4.69, 9.17) is 5.11 Å². The second kappa shape index (κ2) is 5.16. The Morgan fingerprint density at radius 3 is 2.17 bits per heavy atom. The van der Waals surface area contributed by atoms with Crippen LogP contribution in [0.3, 0.4) is 0 Å². The lowest BCUT2D eigenvalue weighted by atomic mass is 10.0. The molecule has 0 aromatic heterocycles. The van der Waals surface area contributed by atoms with Crippen molar-refractivity contribution in [2.45, 2.75) is 26.3 Å². The molecule has 18 heavy (non-hydrogen) atoms. The number of likely N-dealkylation sites (N-methyl/N-ethyl adjacent to an activating group) is 1. The first-order chi connectivity index (χ1) is 8.30. The van der Waals surface area contributed by atoms with E-state index >= 15 is 0 Å². The fraction of sp³-hybridized carbons (Fsp3) is 0.385. The van der Waals surface area contributed by atoms with E-state index in [-0.39, 0.29) is 12.1 Å². The molecule has 1 N–H and O–H groups in total. The lowest BCUT2D eigenvalue weighted by Gasteiger charge is -2.34. The topological polar surface area (TPSA) is 57.6 Å². The highest BCUT2D eigenvalue weighted by Crippen LogP contribution is 2.18. The van der Waals surface area contributed by atoms with Gasteiger partial charge in [0.25, 0.3) is 5.91 Å². The van der Waals surface area contributed by atoms with Crippen LogP contribution in [-0.2, 0) is 4.79 Å². The van der Waals surface area contributed by atoms with Crippen molar-refractivity contribution < 1.29 is 19.1 Å². The number of carbonyl (C=O) groups excluding carboxylic acids is 1. The highest BCUT2D eigenvalue weighted by Gasteiger charge is 2.37. The van der Waals surface area contributed by atoms with Crippen LogP contribution >= 0.6 is 0 Å². The maximum Gasteiger partial charge on any atom is 0.329 e. The van der Waals surface area contributed by atoms with Crippen molar-refractivity contribution in [1.29, 1.82) is 0 Å². The third kappa shape index (κ3) is 2.67. The molecular formula is C13H16FNO3. The first-order valence-electron chi connectivity index (χ1n) is 5.61. The molecule has 0 saturated carbocycles. The lowest BCUT2D eigenvalue weighted by molar-refractivity contribution is -0.147. The van der Waals surface area contributed by atoms with Crippen molar-refractivity contribution in [2.75, 3.05) is 6.54 Å². The maximum atomic E-state index is 12.8. The minimum Gasteiger partial charge on any atom is -0.480 e. The van der Waals surface area contributed by atoms with E-state index in [2.05, 4.69) is 0 Å². The summed E-state index contributed by atoms with van der Waals surface area (Å²) >= 11 is 0. The Morgan fingerprint density at radius 1 is 1.28 bits per heavy atom. The van der Waals surface area contributed by atoms with Crippen molar-refractivity contribution in [2.24, 2.45) is 0 Å². The quantitative estimate of drug-likeness (QED) is 0.894. The number of carbonyl (C=O) groups is 2. The minimum absolute atomic E-state index is 0.259. The zero-order chi connectivity index (χ0) is 13.9. The Balaban J connectivity index is 3.07. The third-order valence-electron chi connectivity index (χ3n) is 2.85. The van der Waals surface area contributed by atoms with E-state index in [0.29, 0.717) is 0 Å². The van der Waals surface area contributed by atoms with E-state index in [0.717, 1.165) is 0 Å². The van der Waals surface area contributed by atoms with Crippen LogP contribution in [0.4, 0.5) is 4.39 Å². The number of rotatable bonds is 4. The largest absolute Gasteiger partial charge is 0.480 e. The van der Waals surface area contributed by atoms with Gasteiger partial charge >= 0.3 is 5.97 Å². The molecule has 0 atom stereocenters. The number of carboxylic acids is 1. The summed E-state index contributed by atoms with van der Waals surface area (Å²) in [7, 11) is 0. The highest BCUT2D eigenvalue weighted by molar-refractivity contribution is 5.97. The Morgan fingerprint density at radius 2 is 1.78 bits per heavy atom. The van der Waals surface area contributed by atoms with Gasteiger partial charge in [-0.3, -0.25) is 4.79 Å². The average Bonchev–Trinajstić information content (AvgIpc) is 2.30. The standard InChI is InChI=1S/C13H16FNO3/c1-4-15(13(2,3)12(17)18)11(16)9-5-7-10(14)8-6-9/h5-8H,4H2,1-3H3,(H,17,18). The molecule has 5 heteroatoms. The number of halogens is 1. The Bertz CT molecular complexity index is 454. The molecule has 1 rings (SSSR count). The van der Waals surface area contributed by atoms with E-state index in [1.165, 1.54) is 43.0 Å². The molecule has 0 fully saturated rings. The van der Waals surface area contributed by atoms with Crippen LogP contribution in [0, 0.1) is 5.82 Å². The van der Waals surface area contributed by atoms with Crippen molar-refractivity contribution >= 4 is 11.9 Å². The van der Waals surface area contributed by atoms with Crippen molar-refractivity contribution in [3.63, 3.8) is 0 Å². The molecule has 0 radical (unpaired) electrons. The molecule has 0 aliphatic rings. The molecule has 0 heterocycles. The number of nitrogens with zero attached hydrogens (tertiary/aromatic N) is 1. The SMILES string of the molecule is CCN(C(=O)c1ccc(F)cc1)C(C)(C)C(=O)O. The molecule has 4 nitrogen and oxygen atoms in total. The Labute approximate surface area is 105 Å². The van der Waals surface area contributed by atoms with Gasteiger partial charge < -0.3 is 10.0 Å². The van der Waals surface area contributed by atoms with Crippen molar-refractivity contribution in [1.82, 2.24) is 4.90 Å². The second-order valence-electron chi connectivity index (χ2n) is 4.42. The summed E-state index contributed by atoms with van der Waals surface area (Å²) in [6, 6.07) is 5.04. The normalized spacial score (nSPS) is 11.1. The predicted molar refractivity (Wildman–Crippen MR) is 64.8 cm³/mol. The zero-order valence-corrected chi connectivity index (χ0v) is 10.6. The second-order valence-corrected chi connectivity index (χ2v) is 4.42. The van der Waals surface area contributed by atoms with Crippen LogP contribution in [0.1, 0.15) is 31.1 Å². The maximum absolute atomic E-state index is 12.8. The summed E-state index contributed by atoms with van der Waals surface area (Å²) in [5, 5.41) is 9.13. The summed E-state index contributed by atoms with van der Waals surface area (Å²) in [5.74, 6) is -1.95. The summed E-state index contributed by atoms with van der Waals surface area (Å²) in [4.78, 5) is 24.6. The van der Waals surface area contributed by atoms with Gasteiger partial charge in [0, 0.05) is 12.1 Å². The van der Waals surface area contributed by atoms with E-state index in [1.54, 1.807) is 6.92 Å². The number of hydrogen-bond acceptors (Lipinski definition) is 2. The lowest BCUT2D eigenvalue weighted by Crippen LogP contribution is -2.52. The van der Waals surface area contributed by atoms with Crippen LogP contribution in [0.5, 0.6) is 0 Å². The number of amides is 1. The molecule has 0 aliphatic heterocycles. The zero-order valence-electron chi connectivity index (χ0n) is 10.6. The monoisotopic (exact) mass is 253 g/mol. The summed E-state index contributed by atoms with van der Waals surface area (Å²) in [6.45, 7) is 4.88. The van der Waals surface area contributed by atoms with Crippen molar-refractivity contribution in [3.05, 3.63) is 35.6 Å². The molecule has 0 spiro atoms. The van der Waals surface area contributed by atoms with Crippen LogP contribution in [0.25, 0.3) is 0 Å². The van der Waals surface area contributed by atoms with Crippen molar-refractivity contribution in [3.8, 4) is 0 Å². The fourth-order valence-corrected chi connectivity index (χ4v) is 1.66. The molecule has 0 aliphatic carbocycles. The molecular weight excluding hydrogens is 237 g/mol. The smallest absolute Gasteiger partial charge is 0.329 e. The number of carboxylic acid groups (broad SMARTS) is 1. The molecule has 0 unspecified atom stereocenters. The van der Waals surface area contributed by atoms with Gasteiger partial charge in [0.2, 0.25) is 0 Å². The molecule has 0 saturated heterocycles. The first-order valence-corrected chi connectivity index (χ1v) is 5.61. The van der Waals surface area contributed by atoms with Crippen LogP contribution < -0.4 is 0 Å². The van der Waals surface area contributed by atoms with Crippen LogP contribution in [0.2, 0.25) is 0 Å². The number of aliphatic carboxylic acids is 1. The average molecular weight is 253 g/mol. The third-order valence-corrected chi connectivity index (χ3v) is 2.85. The fourth-order valence-electron chi connectivity index (χ4n) is 1.66. The van der Waals surface area contributed by atoms with Gasteiger partial charge in [0.15, 0.2) is 0 Å². The molecule has 1 amide bonds. The number of benzene rings is 1. The van der Waals surface area contributed by atoms with E-state index < -0.39 is 23.2 Å². The van der Waals surface area contributed by atoms with Gasteiger partial charge in [-0.1, -0.05) is 0 Å². The molecule has 0 bridgehead atoms. The van der Waals surface area contributed by atoms with Gasteiger partial charge in [-0.05, 0) is 45.0 Å². The highest BCUT2D eigenvalue weighted by atomic mass is 19.1. The Hall–Kier alpha value is -1.91. The van der Waals surface area contributed by atoms with E-state index in [9.17, 15) is 14.0 Å². The van der Waals surface area contributed by atoms with Gasteiger partial charge in [-0.15, -0.1) is 0 Å². The summed E-state index contributed by atoms with van der Waals surface area (Å²) in [5.41, 5.74) is -1.03. The molecule has 1 aromatic carbocycles. The minimum atomic E-state index is -1.31. The van der Waals surface area contributed by atoms with Gasteiger partial charge in [-0.25, -0.2) is 9.18 Å². The van der Waals surface area contributed by atoms with Gasteiger partial charge in [-0.2, -0.15) is 0 Å². The summed E-state index contributed by atoms with van der Waals surface area (Å²) in [6.07, 6.45) is 0. The summed E-state index contributed by atoms with van der Waals surface area (Å²) < 4.78 is 12.8. The van der Waals surface area contributed by atoms with Crippen LogP contribution in [0.15, 0.2) is 24.3 Å².